The van der Waals surface area contributed by atoms with Crippen molar-refractivity contribution in [2.45, 2.75) is 39.2 Å². The van der Waals surface area contributed by atoms with Crippen LogP contribution >= 0.6 is 15.9 Å². The highest BCUT2D eigenvalue weighted by Gasteiger charge is 2.34. The summed E-state index contributed by atoms with van der Waals surface area (Å²) in [4.78, 5) is 6.85. The summed E-state index contributed by atoms with van der Waals surface area (Å²) in [5.41, 5.74) is 6.35. The fraction of sp³-hybridized carbons (Fsp3) is 0.444. The van der Waals surface area contributed by atoms with Crippen LogP contribution in [0.3, 0.4) is 0 Å². The lowest BCUT2D eigenvalue weighted by molar-refractivity contribution is 0.262. The van der Waals surface area contributed by atoms with Gasteiger partial charge in [-0.3, -0.25) is 10.4 Å². The largest absolute Gasteiger partial charge is 0.372 e. The van der Waals surface area contributed by atoms with E-state index in [2.05, 4.69) is 76.8 Å². The van der Waals surface area contributed by atoms with Gasteiger partial charge in [-0.05, 0) is 53.2 Å². The third-order valence-electron chi connectivity index (χ3n) is 7.65. The van der Waals surface area contributed by atoms with E-state index < -0.39 is 9.84 Å². The van der Waals surface area contributed by atoms with E-state index in [4.69, 9.17) is 15.5 Å². The quantitative estimate of drug-likeness (QED) is 0.573. The fourth-order valence-corrected chi connectivity index (χ4v) is 7.11. The van der Waals surface area contributed by atoms with Crippen molar-refractivity contribution in [3.05, 3.63) is 58.1 Å². The maximum atomic E-state index is 11.9. The van der Waals surface area contributed by atoms with Crippen molar-refractivity contribution >= 4 is 43.4 Å². The Morgan fingerprint density at radius 1 is 1.19 bits per heavy atom. The number of nitrogens with one attached hydrogen (secondary N) is 1. The van der Waals surface area contributed by atoms with Crippen molar-refractivity contribution in [2.75, 3.05) is 24.6 Å². The van der Waals surface area contributed by atoms with E-state index in [0.29, 0.717) is 23.4 Å². The highest BCUT2D eigenvalue weighted by molar-refractivity contribution is 9.12. The summed E-state index contributed by atoms with van der Waals surface area (Å²) in [6, 6.07) is 6.28. The summed E-state index contributed by atoms with van der Waals surface area (Å²) in [6.45, 7) is 5.28. The first-order valence-corrected chi connectivity index (χ1v) is 15.4. The average molecular weight is 586 g/mol. The van der Waals surface area contributed by atoms with Crippen molar-refractivity contribution in [2.24, 2.45) is 18.1 Å². The second kappa shape index (κ2) is 10.2. The molecule has 2 unspecified atom stereocenters. The molecule has 3 aliphatic heterocycles. The minimum absolute atomic E-state index is 0.0516. The van der Waals surface area contributed by atoms with Gasteiger partial charge < -0.3 is 9.47 Å². The first-order valence-electron chi connectivity index (χ1n) is 12.8. The van der Waals surface area contributed by atoms with Crippen LogP contribution in [0.15, 0.2) is 51.9 Å². The van der Waals surface area contributed by atoms with E-state index >= 15 is 0 Å². The summed E-state index contributed by atoms with van der Waals surface area (Å²) in [6.07, 6.45) is 10.7. The number of nitrogens with zero attached hydrogens (tertiary/aromatic N) is 5. The molecule has 2 aromatic heterocycles. The van der Waals surface area contributed by atoms with Crippen molar-refractivity contribution in [3.8, 4) is 11.3 Å². The molecule has 0 aliphatic carbocycles. The molecule has 3 aliphatic rings. The second-order valence-corrected chi connectivity index (χ2v) is 13.2. The summed E-state index contributed by atoms with van der Waals surface area (Å²) in [7, 11) is -0.903. The number of amidine groups is 1. The zero-order valence-corrected chi connectivity index (χ0v) is 23.9. The molecule has 1 saturated heterocycles. The number of aromatic nitrogens is 2. The van der Waals surface area contributed by atoms with Gasteiger partial charge in [0.15, 0.2) is 15.7 Å². The SMILES string of the molecule is CCc1cc(-c2ccc(C3=CC4C(C)CCC(N5CCS(=O)(=O)CC5)=C(Br)C(=N)N4N=C3)cn2)cn1C. The Labute approximate surface area is 227 Å². The Morgan fingerprint density at radius 3 is 2.59 bits per heavy atom. The lowest BCUT2D eigenvalue weighted by atomic mass is 9.90. The molecule has 0 spiro atoms. The molecule has 0 radical (unpaired) electrons. The van der Waals surface area contributed by atoms with Gasteiger partial charge in [0.2, 0.25) is 0 Å². The number of aryl methyl sites for hydroxylation is 2. The fourth-order valence-electron chi connectivity index (χ4n) is 5.28. The van der Waals surface area contributed by atoms with Crippen LogP contribution in [0.2, 0.25) is 0 Å². The molecule has 5 heterocycles. The van der Waals surface area contributed by atoms with Gasteiger partial charge in [-0.25, -0.2) is 13.4 Å². The van der Waals surface area contributed by atoms with Gasteiger partial charge >= 0.3 is 0 Å². The number of hydrazone groups is 1. The zero-order valence-electron chi connectivity index (χ0n) is 21.5. The number of halogens is 1. The van der Waals surface area contributed by atoms with Crippen molar-refractivity contribution in [1.82, 2.24) is 19.5 Å². The van der Waals surface area contributed by atoms with Gasteiger partial charge in [0.1, 0.15) is 0 Å². The molecule has 8 nitrogen and oxygen atoms in total. The van der Waals surface area contributed by atoms with Crippen molar-refractivity contribution < 1.29 is 8.42 Å². The van der Waals surface area contributed by atoms with E-state index in [1.807, 2.05) is 6.20 Å². The predicted molar refractivity (Wildman–Crippen MR) is 152 cm³/mol. The molecule has 0 saturated carbocycles. The lowest BCUT2D eigenvalue weighted by Crippen LogP contribution is -2.45. The summed E-state index contributed by atoms with van der Waals surface area (Å²) < 4.78 is 26.7. The monoisotopic (exact) mass is 584 g/mol. The molecule has 37 heavy (non-hydrogen) atoms. The van der Waals surface area contributed by atoms with Gasteiger partial charge in [0, 0.05) is 60.6 Å². The van der Waals surface area contributed by atoms with Crippen LogP contribution < -0.4 is 0 Å². The van der Waals surface area contributed by atoms with Crippen LogP contribution in [0, 0.1) is 11.3 Å². The molecule has 2 atom stereocenters. The number of sulfone groups is 1. The Morgan fingerprint density at radius 2 is 1.95 bits per heavy atom. The van der Waals surface area contributed by atoms with E-state index in [-0.39, 0.29) is 23.5 Å². The minimum atomic E-state index is -2.97. The van der Waals surface area contributed by atoms with Gasteiger partial charge in [-0.2, -0.15) is 5.10 Å². The molecule has 2 aromatic rings. The standard InChI is InChI=1S/C27H33BrN6O2S/c1-4-22-13-21(17-32(22)3)23-7-6-19(15-30-23)20-14-25-18(2)5-8-24(26(28)27(29)34(25)31-16-20)33-9-11-37(35,36)12-10-33/h6-7,13-18,25,29H,4-5,8-12H2,1-3H3. The Kier molecular flexibility index (Phi) is 7.15. The number of pyridine rings is 1. The summed E-state index contributed by atoms with van der Waals surface area (Å²) in [5.74, 6) is 0.872. The maximum Gasteiger partial charge on any atom is 0.158 e. The third kappa shape index (κ3) is 5.18. The molecule has 0 aromatic carbocycles. The highest BCUT2D eigenvalue weighted by Crippen LogP contribution is 2.35. The van der Waals surface area contributed by atoms with Crippen LogP contribution in [-0.2, 0) is 23.3 Å². The van der Waals surface area contributed by atoms with Crippen molar-refractivity contribution in [1.29, 1.82) is 5.41 Å². The first-order chi connectivity index (χ1) is 17.7. The smallest absolute Gasteiger partial charge is 0.158 e. The average Bonchev–Trinajstić information content (AvgIpc) is 3.28. The number of allylic oxidation sites excluding steroid dienone is 2. The van der Waals surface area contributed by atoms with Gasteiger partial charge in [-0.1, -0.05) is 26.0 Å². The normalized spacial score (nSPS) is 24.0. The number of rotatable bonds is 4. The number of fused-ring (bicyclic) bond motifs is 1. The molecule has 196 valence electrons. The highest BCUT2D eigenvalue weighted by atomic mass is 79.9. The van der Waals surface area contributed by atoms with E-state index in [1.165, 1.54) is 5.69 Å². The van der Waals surface area contributed by atoms with Crippen LogP contribution in [0.4, 0.5) is 0 Å². The number of hydrogen-bond donors (Lipinski definition) is 1. The molecule has 0 bridgehead atoms. The Bertz CT molecular complexity index is 1390. The Balaban J connectivity index is 1.37. The lowest BCUT2D eigenvalue weighted by Gasteiger charge is -2.39. The van der Waals surface area contributed by atoms with Crippen LogP contribution in [0.1, 0.15) is 37.9 Å². The summed E-state index contributed by atoms with van der Waals surface area (Å²) >= 11 is 3.67. The van der Waals surface area contributed by atoms with Crippen LogP contribution in [0.5, 0.6) is 0 Å². The Hall–Kier alpha value is -2.72. The molecular formula is C27H33BrN6O2S. The summed E-state index contributed by atoms with van der Waals surface area (Å²) in [5, 5.41) is 15.4. The van der Waals surface area contributed by atoms with E-state index in [9.17, 15) is 8.42 Å². The number of hydrogen-bond acceptors (Lipinski definition) is 6. The molecule has 10 heteroatoms. The first kappa shape index (κ1) is 25.9. The molecule has 0 amide bonds. The van der Waals surface area contributed by atoms with Crippen LogP contribution in [0.25, 0.3) is 16.8 Å². The topological polar surface area (TPSA) is 94.7 Å². The van der Waals surface area contributed by atoms with Gasteiger partial charge in [-0.15, -0.1) is 0 Å². The maximum absolute atomic E-state index is 11.9. The zero-order chi connectivity index (χ0) is 26.3. The molecular weight excluding hydrogens is 552 g/mol. The molecule has 5 rings (SSSR count). The van der Waals surface area contributed by atoms with E-state index in [0.717, 1.165) is 47.4 Å². The molecule has 1 fully saturated rings. The van der Waals surface area contributed by atoms with Crippen molar-refractivity contribution in [3.63, 3.8) is 0 Å². The third-order valence-corrected chi connectivity index (χ3v) is 10.1. The van der Waals surface area contributed by atoms with Crippen LogP contribution in [-0.4, -0.2) is 70.6 Å². The minimum Gasteiger partial charge on any atom is -0.372 e. The van der Waals surface area contributed by atoms with Gasteiger partial charge in [0.25, 0.3) is 0 Å². The van der Waals surface area contributed by atoms with E-state index in [1.54, 1.807) is 11.2 Å². The molecule has 1 N–H and O–H groups in total. The predicted octanol–water partition coefficient (Wildman–Crippen LogP) is 4.45. The van der Waals surface area contributed by atoms with Gasteiger partial charge in [0.05, 0.1) is 33.9 Å². The second-order valence-electron chi connectivity index (χ2n) is 10.1.